The predicted molar refractivity (Wildman–Crippen MR) is 126 cm³/mol. The van der Waals surface area contributed by atoms with E-state index in [2.05, 4.69) is 5.32 Å². The van der Waals surface area contributed by atoms with E-state index >= 15 is 0 Å². The van der Waals surface area contributed by atoms with Crippen molar-refractivity contribution in [3.8, 4) is 0 Å². The molecule has 0 aromatic heterocycles. The zero-order valence-corrected chi connectivity index (χ0v) is 18.3. The maximum atomic E-state index is 13.1. The summed E-state index contributed by atoms with van der Waals surface area (Å²) in [6.07, 6.45) is -5.08. The number of carboxylic acid groups (broad SMARTS) is 1. The minimum atomic E-state index is -5.08. The van der Waals surface area contributed by atoms with Gasteiger partial charge in [-0.3, -0.25) is 14.5 Å². The highest BCUT2D eigenvalue weighted by molar-refractivity contribution is 6.10. The minimum Gasteiger partial charge on any atom is -0.475 e. The third-order valence-electron chi connectivity index (χ3n) is 4.46. The van der Waals surface area contributed by atoms with Crippen molar-refractivity contribution in [3.05, 3.63) is 90.0 Å². The predicted octanol–water partition coefficient (Wildman–Crippen LogP) is 3.65. The first kappa shape index (κ1) is 26.9. The number of anilines is 3. The molecular formula is C24H23F3N4O4. The molecule has 0 aliphatic carbocycles. The topological polar surface area (TPSA) is 139 Å². The lowest BCUT2D eigenvalue weighted by atomic mass is 10.1. The largest absolute Gasteiger partial charge is 0.490 e. The van der Waals surface area contributed by atoms with E-state index in [1.807, 2.05) is 24.3 Å². The number of carbonyl (C=O) groups is 3. The molecule has 0 atom stereocenters. The Labute approximate surface area is 199 Å². The Morgan fingerprint density at radius 2 is 1.51 bits per heavy atom. The quantitative estimate of drug-likeness (QED) is 0.391. The van der Waals surface area contributed by atoms with Gasteiger partial charge in [0.25, 0.3) is 5.91 Å². The van der Waals surface area contributed by atoms with E-state index < -0.39 is 12.1 Å². The minimum absolute atomic E-state index is 0.125. The molecule has 3 rings (SSSR count). The van der Waals surface area contributed by atoms with Crippen molar-refractivity contribution in [1.29, 1.82) is 0 Å². The van der Waals surface area contributed by atoms with Gasteiger partial charge in [-0.15, -0.1) is 0 Å². The average molecular weight is 488 g/mol. The number of alkyl halides is 3. The summed E-state index contributed by atoms with van der Waals surface area (Å²) in [6.45, 7) is 0.212. The Hall–Kier alpha value is -4.38. The molecule has 3 aromatic carbocycles. The van der Waals surface area contributed by atoms with Gasteiger partial charge in [-0.25, -0.2) is 4.79 Å². The second-order valence-electron chi connectivity index (χ2n) is 7.10. The fraction of sp³-hybridized carbons (Fsp3) is 0.125. The van der Waals surface area contributed by atoms with E-state index in [0.29, 0.717) is 29.2 Å². The number of nitrogens with two attached hydrogens (primary N) is 2. The lowest BCUT2D eigenvalue weighted by molar-refractivity contribution is -0.192. The fourth-order valence-corrected chi connectivity index (χ4v) is 2.79. The molecule has 35 heavy (non-hydrogen) atoms. The van der Waals surface area contributed by atoms with Gasteiger partial charge in [-0.2, -0.15) is 13.2 Å². The molecule has 0 fully saturated rings. The SMILES string of the molecule is NCc1cccc(C(=O)N(CC(=O)Nc2ccc(N)cc2)c2ccccc2)c1.O=C(O)C(F)(F)F. The summed E-state index contributed by atoms with van der Waals surface area (Å²) in [5, 5.41) is 9.91. The highest BCUT2D eigenvalue weighted by atomic mass is 19.4. The molecule has 0 spiro atoms. The van der Waals surface area contributed by atoms with Crippen LogP contribution in [0.1, 0.15) is 15.9 Å². The van der Waals surface area contributed by atoms with Gasteiger partial charge >= 0.3 is 12.1 Å². The maximum absolute atomic E-state index is 13.1. The first-order valence-corrected chi connectivity index (χ1v) is 10.1. The third kappa shape index (κ3) is 8.48. The normalized spacial score (nSPS) is 10.5. The van der Waals surface area contributed by atoms with Crippen LogP contribution < -0.4 is 21.7 Å². The summed E-state index contributed by atoms with van der Waals surface area (Å²) in [7, 11) is 0. The zero-order chi connectivity index (χ0) is 26.0. The van der Waals surface area contributed by atoms with Crippen molar-refractivity contribution in [1.82, 2.24) is 0 Å². The number of benzene rings is 3. The molecule has 0 saturated heterocycles. The summed E-state index contributed by atoms with van der Waals surface area (Å²) in [5.74, 6) is -3.33. The third-order valence-corrected chi connectivity index (χ3v) is 4.46. The molecule has 2 amide bonds. The Bertz CT molecular complexity index is 1150. The summed E-state index contributed by atoms with van der Waals surface area (Å²) in [6, 6.07) is 23.0. The van der Waals surface area contributed by atoms with Gasteiger partial charge in [0.05, 0.1) is 0 Å². The number of rotatable bonds is 6. The molecular weight excluding hydrogens is 465 g/mol. The summed E-state index contributed by atoms with van der Waals surface area (Å²) < 4.78 is 31.7. The number of carboxylic acids is 1. The highest BCUT2D eigenvalue weighted by Gasteiger charge is 2.38. The van der Waals surface area contributed by atoms with Gasteiger partial charge in [-0.1, -0.05) is 30.3 Å². The van der Waals surface area contributed by atoms with E-state index in [4.69, 9.17) is 21.4 Å². The molecule has 184 valence electrons. The van der Waals surface area contributed by atoms with Crippen LogP contribution in [-0.4, -0.2) is 35.6 Å². The van der Waals surface area contributed by atoms with Crippen LogP contribution in [-0.2, 0) is 16.1 Å². The number of hydrogen-bond acceptors (Lipinski definition) is 5. The van der Waals surface area contributed by atoms with E-state index in [-0.39, 0.29) is 18.4 Å². The van der Waals surface area contributed by atoms with Crippen LogP contribution in [0.3, 0.4) is 0 Å². The molecule has 0 saturated carbocycles. The number of halogens is 3. The maximum Gasteiger partial charge on any atom is 0.490 e. The van der Waals surface area contributed by atoms with Crippen molar-refractivity contribution in [3.63, 3.8) is 0 Å². The van der Waals surface area contributed by atoms with Crippen molar-refractivity contribution >= 4 is 34.8 Å². The summed E-state index contributed by atoms with van der Waals surface area (Å²) in [4.78, 5) is 36.1. The average Bonchev–Trinajstić information content (AvgIpc) is 2.84. The van der Waals surface area contributed by atoms with E-state index in [1.54, 1.807) is 54.6 Å². The molecule has 0 radical (unpaired) electrons. The molecule has 0 heterocycles. The van der Waals surface area contributed by atoms with Crippen LogP contribution in [0.4, 0.5) is 30.2 Å². The van der Waals surface area contributed by atoms with Gasteiger partial charge < -0.3 is 21.9 Å². The van der Waals surface area contributed by atoms with Gasteiger partial charge in [-0.05, 0) is 54.1 Å². The number of nitrogens with one attached hydrogen (secondary N) is 1. The number of nitrogens with zero attached hydrogens (tertiary/aromatic N) is 1. The van der Waals surface area contributed by atoms with Crippen LogP contribution >= 0.6 is 0 Å². The Morgan fingerprint density at radius 3 is 2.06 bits per heavy atom. The molecule has 0 bridgehead atoms. The molecule has 8 nitrogen and oxygen atoms in total. The van der Waals surface area contributed by atoms with Gasteiger partial charge in [0.2, 0.25) is 5.91 Å². The van der Waals surface area contributed by atoms with Crippen LogP contribution in [0.15, 0.2) is 78.9 Å². The second-order valence-corrected chi connectivity index (χ2v) is 7.10. The van der Waals surface area contributed by atoms with E-state index in [9.17, 15) is 22.8 Å². The lowest BCUT2D eigenvalue weighted by Crippen LogP contribution is -2.38. The van der Waals surface area contributed by atoms with E-state index in [0.717, 1.165) is 5.56 Å². The van der Waals surface area contributed by atoms with Crippen LogP contribution in [0.5, 0.6) is 0 Å². The molecule has 6 N–H and O–H groups in total. The smallest absolute Gasteiger partial charge is 0.475 e. The number of amides is 2. The highest BCUT2D eigenvalue weighted by Crippen LogP contribution is 2.18. The summed E-state index contributed by atoms with van der Waals surface area (Å²) >= 11 is 0. The number of aliphatic carboxylic acids is 1. The molecule has 3 aromatic rings. The Morgan fingerprint density at radius 1 is 0.914 bits per heavy atom. The Kier molecular flexibility index (Phi) is 9.36. The number of hydrogen-bond donors (Lipinski definition) is 4. The molecule has 0 aliphatic heterocycles. The first-order valence-electron chi connectivity index (χ1n) is 10.1. The van der Waals surface area contributed by atoms with Gasteiger partial charge in [0, 0.05) is 29.2 Å². The number of para-hydroxylation sites is 1. The first-order chi connectivity index (χ1) is 16.5. The van der Waals surface area contributed by atoms with Crippen LogP contribution in [0, 0.1) is 0 Å². The zero-order valence-electron chi connectivity index (χ0n) is 18.3. The van der Waals surface area contributed by atoms with Gasteiger partial charge in [0.1, 0.15) is 6.54 Å². The number of carbonyl (C=O) groups excluding carboxylic acids is 2. The summed E-state index contributed by atoms with van der Waals surface area (Å²) in [5.41, 5.74) is 14.5. The molecule has 11 heteroatoms. The van der Waals surface area contributed by atoms with Gasteiger partial charge in [0.15, 0.2) is 0 Å². The fourth-order valence-electron chi connectivity index (χ4n) is 2.79. The van der Waals surface area contributed by atoms with E-state index in [1.165, 1.54) is 4.90 Å². The van der Waals surface area contributed by atoms with Crippen molar-refractivity contribution in [2.75, 3.05) is 22.5 Å². The van der Waals surface area contributed by atoms with Crippen molar-refractivity contribution in [2.24, 2.45) is 5.73 Å². The monoisotopic (exact) mass is 488 g/mol. The Balaban J connectivity index is 0.000000540. The second kappa shape index (κ2) is 12.2. The molecule has 0 aliphatic rings. The number of nitrogen functional groups attached to an aromatic ring is 1. The van der Waals surface area contributed by atoms with Crippen molar-refractivity contribution < 1.29 is 32.7 Å². The van der Waals surface area contributed by atoms with Crippen molar-refractivity contribution in [2.45, 2.75) is 12.7 Å². The molecule has 0 unspecified atom stereocenters. The van der Waals surface area contributed by atoms with Crippen LogP contribution in [0.2, 0.25) is 0 Å². The van der Waals surface area contributed by atoms with Crippen LogP contribution in [0.25, 0.3) is 0 Å². The standard InChI is InChI=1S/C22H22N4O2.C2HF3O2/c23-14-16-5-4-6-17(13-16)22(28)26(20-7-2-1-3-8-20)15-21(27)25-19-11-9-18(24)10-12-19;3-2(4,5)1(6)7/h1-13H,14-15,23-24H2,(H,25,27);(H,6,7). The lowest BCUT2D eigenvalue weighted by Gasteiger charge is -2.23.